The van der Waals surface area contributed by atoms with Gasteiger partial charge < -0.3 is 20.7 Å². The lowest BCUT2D eigenvalue weighted by molar-refractivity contribution is -0.0432. The normalized spacial score (nSPS) is 27.2. The molecule has 1 fully saturated rings. The van der Waals surface area contributed by atoms with Crippen LogP contribution in [0.5, 0.6) is 0 Å². The van der Waals surface area contributed by atoms with Gasteiger partial charge in [0.05, 0.1) is 12.7 Å². The van der Waals surface area contributed by atoms with Crippen LogP contribution in [0.4, 0.5) is 5.95 Å². The van der Waals surface area contributed by atoms with Crippen LogP contribution in [-0.4, -0.2) is 48.0 Å². The van der Waals surface area contributed by atoms with E-state index in [1.165, 1.54) is 4.40 Å². The van der Waals surface area contributed by atoms with Gasteiger partial charge in [0.25, 0.3) is 0 Å². The molecule has 1 saturated heterocycles. The van der Waals surface area contributed by atoms with Gasteiger partial charge in [-0.3, -0.25) is 8.97 Å². The molecule has 4 N–H and O–H groups in total. The number of hydrogen-bond acceptors (Lipinski definition) is 7. The van der Waals surface area contributed by atoms with Crippen molar-refractivity contribution in [3.8, 4) is 0 Å². The Labute approximate surface area is 106 Å². The van der Waals surface area contributed by atoms with Gasteiger partial charge in [0, 0.05) is 18.8 Å². The molecule has 0 saturated carbocycles. The highest BCUT2D eigenvalue weighted by atomic mass is 16.5. The molecular formula is C10H13N5O4. The first-order valence-corrected chi connectivity index (χ1v) is 5.77. The number of nitrogens with zero attached hydrogens (tertiary/aromatic N) is 4. The van der Waals surface area contributed by atoms with Gasteiger partial charge >= 0.3 is 5.69 Å². The van der Waals surface area contributed by atoms with E-state index in [4.69, 9.17) is 15.6 Å². The van der Waals surface area contributed by atoms with E-state index < -0.39 is 24.1 Å². The first-order valence-electron chi connectivity index (χ1n) is 5.77. The maximum atomic E-state index is 11.3. The number of nitrogens with two attached hydrogens (primary N) is 1. The van der Waals surface area contributed by atoms with Crippen molar-refractivity contribution in [2.75, 3.05) is 12.3 Å². The number of aliphatic hydroxyl groups excluding tert-OH is 2. The monoisotopic (exact) mass is 267 g/mol. The Bertz CT molecular complexity index is 665. The molecule has 0 radical (unpaired) electrons. The van der Waals surface area contributed by atoms with Gasteiger partial charge in [0.2, 0.25) is 11.7 Å². The van der Waals surface area contributed by atoms with Gasteiger partial charge in [0.1, 0.15) is 12.3 Å². The fraction of sp³-hybridized carbons (Fsp3) is 0.500. The van der Waals surface area contributed by atoms with Gasteiger partial charge in [-0.15, -0.1) is 0 Å². The van der Waals surface area contributed by atoms with E-state index in [2.05, 4.69) is 9.97 Å². The van der Waals surface area contributed by atoms with Crippen molar-refractivity contribution >= 4 is 11.7 Å². The van der Waals surface area contributed by atoms with E-state index in [9.17, 15) is 9.90 Å². The molecule has 9 nitrogen and oxygen atoms in total. The minimum Gasteiger partial charge on any atom is -0.394 e. The molecule has 19 heavy (non-hydrogen) atoms. The molecule has 2 aromatic heterocycles. The number of imidazole rings is 1. The SMILES string of the molecule is Nc1nc(=O)nc2n([C@H]3C[C@H](O)[C@@H](CO)O3)ccn12. The zero-order valence-corrected chi connectivity index (χ0v) is 9.88. The lowest BCUT2D eigenvalue weighted by Crippen LogP contribution is -2.24. The molecule has 0 aliphatic carbocycles. The number of hydrogen-bond donors (Lipinski definition) is 3. The molecule has 0 aromatic carbocycles. The number of nitrogen functional groups attached to an aromatic ring is 1. The van der Waals surface area contributed by atoms with E-state index in [0.29, 0.717) is 6.42 Å². The lowest BCUT2D eigenvalue weighted by Gasteiger charge is -2.13. The lowest BCUT2D eigenvalue weighted by atomic mass is 10.2. The molecule has 3 rings (SSSR count). The van der Waals surface area contributed by atoms with Crippen LogP contribution in [0.2, 0.25) is 0 Å². The summed E-state index contributed by atoms with van der Waals surface area (Å²) in [6, 6.07) is 0. The molecule has 102 valence electrons. The van der Waals surface area contributed by atoms with Crippen LogP contribution in [0.25, 0.3) is 5.78 Å². The number of fused-ring (bicyclic) bond motifs is 1. The molecule has 0 amide bonds. The average Bonchev–Trinajstić information content (AvgIpc) is 2.92. The molecule has 0 unspecified atom stereocenters. The number of aliphatic hydroxyl groups is 2. The van der Waals surface area contributed by atoms with E-state index in [1.54, 1.807) is 17.0 Å². The second-order valence-corrected chi connectivity index (χ2v) is 4.35. The summed E-state index contributed by atoms with van der Waals surface area (Å²) in [5, 5.41) is 18.8. The maximum absolute atomic E-state index is 11.3. The van der Waals surface area contributed by atoms with Crippen molar-refractivity contribution in [1.29, 1.82) is 0 Å². The minimum atomic E-state index is -0.761. The van der Waals surface area contributed by atoms with Crippen LogP contribution in [0.3, 0.4) is 0 Å². The van der Waals surface area contributed by atoms with Crippen LogP contribution in [0, 0.1) is 0 Å². The van der Waals surface area contributed by atoms with Crippen LogP contribution in [-0.2, 0) is 4.74 Å². The van der Waals surface area contributed by atoms with Crippen LogP contribution in [0.15, 0.2) is 17.2 Å². The molecule has 9 heteroatoms. The van der Waals surface area contributed by atoms with Gasteiger partial charge in [-0.2, -0.15) is 9.97 Å². The minimum absolute atomic E-state index is 0.0333. The summed E-state index contributed by atoms with van der Waals surface area (Å²) in [5.74, 6) is 0.319. The van der Waals surface area contributed by atoms with E-state index >= 15 is 0 Å². The molecule has 0 spiro atoms. The van der Waals surface area contributed by atoms with Crippen molar-refractivity contribution in [3.05, 3.63) is 22.9 Å². The molecule has 1 aliphatic heterocycles. The summed E-state index contributed by atoms with van der Waals surface area (Å²) >= 11 is 0. The van der Waals surface area contributed by atoms with E-state index in [0.717, 1.165) is 0 Å². The Kier molecular flexibility index (Phi) is 2.73. The number of rotatable bonds is 2. The molecule has 0 bridgehead atoms. The molecule has 2 aromatic rings. The largest absolute Gasteiger partial charge is 0.394 e. The summed E-state index contributed by atoms with van der Waals surface area (Å²) in [6.07, 6.45) is 1.63. The third-order valence-electron chi connectivity index (χ3n) is 3.17. The Hall–Kier alpha value is -1.97. The Morgan fingerprint density at radius 2 is 2.26 bits per heavy atom. The van der Waals surface area contributed by atoms with Gasteiger partial charge in [0.15, 0.2) is 0 Å². The number of anilines is 1. The van der Waals surface area contributed by atoms with Crippen LogP contribution in [0.1, 0.15) is 12.6 Å². The van der Waals surface area contributed by atoms with Crippen molar-refractivity contribution < 1.29 is 14.9 Å². The van der Waals surface area contributed by atoms with E-state index in [-0.39, 0.29) is 18.3 Å². The topological polar surface area (TPSA) is 128 Å². The van der Waals surface area contributed by atoms with Crippen molar-refractivity contribution in [2.24, 2.45) is 0 Å². The predicted octanol–water partition coefficient (Wildman–Crippen LogP) is -1.89. The first kappa shape index (κ1) is 12.1. The Morgan fingerprint density at radius 3 is 2.95 bits per heavy atom. The first-order chi connectivity index (χ1) is 9.10. The standard InChI is InChI=1S/C10H13N5O4/c11-8-12-9(18)13-10-14(1-2-15(8)10)7-3-5(17)6(4-16)19-7/h1-2,5-7,16-17H,3-4H2,(H2,11,12,18)/t5-,6+,7+/m0/s1. The zero-order chi connectivity index (χ0) is 13.6. The third-order valence-corrected chi connectivity index (χ3v) is 3.17. The van der Waals surface area contributed by atoms with Crippen molar-refractivity contribution in [1.82, 2.24) is 18.9 Å². The van der Waals surface area contributed by atoms with Gasteiger partial charge in [-0.1, -0.05) is 0 Å². The smallest absolute Gasteiger partial charge is 0.373 e. The fourth-order valence-corrected chi connectivity index (χ4v) is 2.22. The summed E-state index contributed by atoms with van der Waals surface area (Å²) < 4.78 is 8.53. The Balaban J connectivity index is 2.05. The molecule has 3 atom stereocenters. The summed E-state index contributed by atoms with van der Waals surface area (Å²) in [6.45, 7) is -0.270. The summed E-state index contributed by atoms with van der Waals surface area (Å²) in [4.78, 5) is 18.6. The molecule has 3 heterocycles. The number of aromatic nitrogens is 4. The van der Waals surface area contributed by atoms with Crippen molar-refractivity contribution in [3.63, 3.8) is 0 Å². The number of ether oxygens (including phenoxy) is 1. The van der Waals surface area contributed by atoms with Crippen LogP contribution < -0.4 is 11.4 Å². The zero-order valence-electron chi connectivity index (χ0n) is 9.88. The maximum Gasteiger partial charge on any atom is 0.373 e. The highest BCUT2D eigenvalue weighted by molar-refractivity contribution is 5.37. The quantitative estimate of drug-likeness (QED) is 0.580. The Morgan fingerprint density at radius 1 is 1.47 bits per heavy atom. The van der Waals surface area contributed by atoms with Gasteiger partial charge in [-0.25, -0.2) is 4.79 Å². The second kappa shape index (κ2) is 4.30. The highest BCUT2D eigenvalue weighted by Crippen LogP contribution is 2.29. The van der Waals surface area contributed by atoms with E-state index in [1.807, 2.05) is 0 Å². The summed E-state index contributed by atoms with van der Waals surface area (Å²) in [7, 11) is 0. The molecular weight excluding hydrogens is 254 g/mol. The third kappa shape index (κ3) is 1.87. The van der Waals surface area contributed by atoms with Crippen molar-refractivity contribution in [2.45, 2.75) is 24.9 Å². The average molecular weight is 267 g/mol. The second-order valence-electron chi connectivity index (χ2n) is 4.35. The predicted molar refractivity (Wildman–Crippen MR) is 63.3 cm³/mol. The van der Waals surface area contributed by atoms with Crippen LogP contribution >= 0.6 is 0 Å². The fourth-order valence-electron chi connectivity index (χ4n) is 2.22. The highest BCUT2D eigenvalue weighted by Gasteiger charge is 2.35. The molecule has 1 aliphatic rings. The van der Waals surface area contributed by atoms with Gasteiger partial charge in [-0.05, 0) is 0 Å². The summed E-state index contributed by atoms with van der Waals surface area (Å²) in [5.41, 5.74) is 4.93.